The molecular formula is C33H38BNO7. The number of hydrogen-bond donors (Lipinski definition) is 2. The molecule has 2 N–H and O–H groups in total. The Morgan fingerprint density at radius 1 is 0.929 bits per heavy atom. The van der Waals surface area contributed by atoms with Crippen molar-refractivity contribution in [2.24, 2.45) is 0 Å². The van der Waals surface area contributed by atoms with Crippen LogP contribution < -0.4 is 14.8 Å². The number of carbonyl (C=O) groups is 1. The van der Waals surface area contributed by atoms with E-state index >= 15 is 0 Å². The van der Waals surface area contributed by atoms with E-state index in [1.807, 2.05) is 58.0 Å². The highest BCUT2D eigenvalue weighted by Gasteiger charge is 2.52. The number of methoxy groups -OCH3 is 2. The zero-order valence-corrected chi connectivity index (χ0v) is 25.0. The summed E-state index contributed by atoms with van der Waals surface area (Å²) in [6.45, 7) is 8.04. The number of aliphatic hydroxyl groups is 1. The number of benzene rings is 3. The monoisotopic (exact) mass is 571 g/mol. The number of alkyl carbamates (subject to hydrolysis) is 1. The highest BCUT2D eigenvalue weighted by molar-refractivity contribution is 6.56. The third-order valence-corrected chi connectivity index (χ3v) is 8.45. The fraction of sp³-hybridized carbons (Fsp3) is 0.364. The third kappa shape index (κ3) is 5.64. The Morgan fingerprint density at radius 2 is 1.45 bits per heavy atom. The van der Waals surface area contributed by atoms with E-state index in [2.05, 4.69) is 29.6 Å². The summed E-state index contributed by atoms with van der Waals surface area (Å²) in [6.07, 6.45) is 1.29. The number of carbonyl (C=O) groups excluding carboxylic acids is 1. The fourth-order valence-electron chi connectivity index (χ4n) is 5.43. The molecule has 220 valence electrons. The van der Waals surface area contributed by atoms with Crippen LogP contribution in [-0.4, -0.2) is 56.9 Å². The maximum absolute atomic E-state index is 13.1. The van der Waals surface area contributed by atoms with Crippen LogP contribution in [0, 0.1) is 0 Å². The molecule has 9 heteroatoms. The van der Waals surface area contributed by atoms with Crippen molar-refractivity contribution in [2.75, 3.05) is 27.4 Å². The summed E-state index contributed by atoms with van der Waals surface area (Å²) in [5.74, 6) is 0.974. The van der Waals surface area contributed by atoms with E-state index in [0.29, 0.717) is 28.1 Å². The SMILES string of the molecule is COc1cc(CO)cc(OC)c1C=C(CNC(=O)OCC1c2ccccc2-c2ccccc21)B1OC(C)(C)C(C)(C)O1. The summed E-state index contributed by atoms with van der Waals surface area (Å²) in [4.78, 5) is 13.1. The lowest BCUT2D eigenvalue weighted by molar-refractivity contribution is 0.00578. The van der Waals surface area contributed by atoms with Crippen LogP contribution >= 0.6 is 0 Å². The second kappa shape index (κ2) is 11.8. The Hall–Kier alpha value is -3.79. The van der Waals surface area contributed by atoms with Crippen molar-refractivity contribution in [1.29, 1.82) is 0 Å². The Morgan fingerprint density at radius 3 is 1.95 bits per heavy atom. The molecule has 1 fully saturated rings. The molecule has 3 aromatic rings. The van der Waals surface area contributed by atoms with Gasteiger partial charge in [0.15, 0.2) is 0 Å². The first kappa shape index (κ1) is 29.7. The predicted molar refractivity (Wildman–Crippen MR) is 163 cm³/mol. The normalized spacial score (nSPS) is 17.0. The maximum Gasteiger partial charge on any atom is 0.492 e. The topological polar surface area (TPSA) is 95.5 Å². The largest absolute Gasteiger partial charge is 0.496 e. The van der Waals surface area contributed by atoms with Gasteiger partial charge in [-0.25, -0.2) is 4.79 Å². The van der Waals surface area contributed by atoms with Gasteiger partial charge in [-0.3, -0.25) is 0 Å². The minimum atomic E-state index is -0.740. The lowest BCUT2D eigenvalue weighted by atomic mass is 9.76. The summed E-state index contributed by atoms with van der Waals surface area (Å²) in [5, 5.41) is 12.6. The van der Waals surface area contributed by atoms with Gasteiger partial charge in [0.1, 0.15) is 18.1 Å². The van der Waals surface area contributed by atoms with E-state index in [0.717, 1.165) is 11.1 Å². The molecule has 1 amide bonds. The average Bonchev–Trinajstić information content (AvgIpc) is 3.42. The first-order valence-electron chi connectivity index (χ1n) is 14.1. The van der Waals surface area contributed by atoms with E-state index in [1.165, 1.54) is 11.1 Å². The van der Waals surface area contributed by atoms with Crippen molar-refractivity contribution < 1.29 is 33.4 Å². The molecule has 3 aromatic carbocycles. The molecule has 1 saturated heterocycles. The maximum atomic E-state index is 13.1. The summed E-state index contributed by atoms with van der Waals surface area (Å²) >= 11 is 0. The molecule has 1 heterocycles. The summed E-state index contributed by atoms with van der Waals surface area (Å²) < 4.78 is 29.7. The second-order valence-electron chi connectivity index (χ2n) is 11.6. The number of rotatable bonds is 9. The number of nitrogens with one attached hydrogen (secondary N) is 1. The average molecular weight is 571 g/mol. The summed E-state index contributed by atoms with van der Waals surface area (Å²) in [5.41, 5.74) is 5.39. The number of hydrogen-bond acceptors (Lipinski definition) is 7. The lowest BCUT2D eigenvalue weighted by Gasteiger charge is -2.32. The Balaban J connectivity index is 1.37. The molecule has 0 saturated carbocycles. The van der Waals surface area contributed by atoms with Crippen LogP contribution in [0.2, 0.25) is 0 Å². The smallest absolute Gasteiger partial charge is 0.492 e. The van der Waals surface area contributed by atoms with Crippen LogP contribution in [0.3, 0.4) is 0 Å². The minimum absolute atomic E-state index is 0.0418. The van der Waals surface area contributed by atoms with Crippen LogP contribution in [0.1, 0.15) is 55.9 Å². The standard InChI is InChI=1S/C33H38BNO7/c1-32(2)33(3,4)42-34(41-32)22(17-27-29(38-5)15-21(19-36)16-30(27)39-6)18-35-31(37)40-20-28-25-13-9-7-11-23(25)24-12-8-10-14-26(24)28/h7-17,28,36H,18-20H2,1-6H3,(H,35,37). The number of ether oxygens (including phenoxy) is 3. The van der Waals surface area contributed by atoms with Crippen molar-refractivity contribution >= 4 is 19.3 Å². The molecule has 0 aromatic heterocycles. The molecule has 0 bridgehead atoms. The molecule has 0 unspecified atom stereocenters. The van der Waals surface area contributed by atoms with E-state index in [9.17, 15) is 9.90 Å². The van der Waals surface area contributed by atoms with Crippen molar-refractivity contribution in [1.82, 2.24) is 5.32 Å². The fourth-order valence-corrected chi connectivity index (χ4v) is 5.43. The van der Waals surface area contributed by atoms with E-state index in [-0.39, 0.29) is 25.7 Å². The van der Waals surface area contributed by atoms with Gasteiger partial charge in [-0.05, 0) is 79.2 Å². The Labute approximate surface area is 247 Å². The second-order valence-corrected chi connectivity index (χ2v) is 11.6. The predicted octanol–water partition coefficient (Wildman–Crippen LogP) is 5.75. The Bertz CT molecular complexity index is 1410. The van der Waals surface area contributed by atoms with E-state index < -0.39 is 24.4 Å². The van der Waals surface area contributed by atoms with Gasteiger partial charge in [0.2, 0.25) is 0 Å². The zero-order chi connectivity index (χ0) is 30.1. The van der Waals surface area contributed by atoms with Gasteiger partial charge in [0.25, 0.3) is 0 Å². The number of amides is 1. The molecule has 0 spiro atoms. The van der Waals surface area contributed by atoms with Crippen molar-refractivity contribution in [3.63, 3.8) is 0 Å². The number of fused-ring (bicyclic) bond motifs is 3. The van der Waals surface area contributed by atoms with Crippen LogP contribution in [0.4, 0.5) is 4.79 Å². The lowest BCUT2D eigenvalue weighted by Crippen LogP contribution is -2.41. The van der Waals surface area contributed by atoms with Gasteiger partial charge < -0.3 is 33.9 Å². The van der Waals surface area contributed by atoms with E-state index in [4.69, 9.17) is 23.5 Å². The zero-order valence-electron chi connectivity index (χ0n) is 25.0. The Kier molecular flexibility index (Phi) is 8.37. The van der Waals surface area contributed by atoms with Gasteiger partial charge in [-0.1, -0.05) is 48.5 Å². The van der Waals surface area contributed by atoms with Crippen LogP contribution in [0.15, 0.2) is 66.1 Å². The number of aliphatic hydroxyl groups excluding tert-OH is 1. The molecule has 1 aliphatic carbocycles. The molecule has 2 aliphatic rings. The summed E-state index contributed by atoms with van der Waals surface area (Å²) in [6, 6.07) is 19.9. The van der Waals surface area contributed by atoms with Gasteiger partial charge in [0.05, 0.1) is 37.6 Å². The van der Waals surface area contributed by atoms with Crippen molar-refractivity contribution in [3.05, 3.63) is 88.4 Å². The third-order valence-electron chi connectivity index (χ3n) is 8.45. The molecule has 8 nitrogen and oxygen atoms in total. The van der Waals surface area contributed by atoms with Crippen molar-refractivity contribution in [2.45, 2.75) is 51.4 Å². The van der Waals surface area contributed by atoms with Crippen LogP contribution in [-0.2, 0) is 20.7 Å². The van der Waals surface area contributed by atoms with Gasteiger partial charge in [-0.15, -0.1) is 0 Å². The van der Waals surface area contributed by atoms with Crippen LogP contribution in [0.25, 0.3) is 17.2 Å². The molecule has 0 radical (unpaired) electrons. The van der Waals surface area contributed by atoms with Gasteiger partial charge in [-0.2, -0.15) is 0 Å². The highest BCUT2D eigenvalue weighted by atomic mass is 16.7. The molecule has 42 heavy (non-hydrogen) atoms. The highest BCUT2D eigenvalue weighted by Crippen LogP contribution is 2.44. The molecule has 0 atom stereocenters. The first-order chi connectivity index (χ1) is 20.1. The van der Waals surface area contributed by atoms with Crippen LogP contribution in [0.5, 0.6) is 11.5 Å². The quantitative estimate of drug-likeness (QED) is 0.316. The van der Waals surface area contributed by atoms with Gasteiger partial charge in [0, 0.05) is 12.5 Å². The first-order valence-corrected chi connectivity index (χ1v) is 14.1. The minimum Gasteiger partial charge on any atom is -0.496 e. The molecular weight excluding hydrogens is 533 g/mol. The van der Waals surface area contributed by atoms with Crippen molar-refractivity contribution in [3.8, 4) is 22.6 Å². The molecule has 1 aliphatic heterocycles. The molecule has 5 rings (SSSR count). The van der Waals surface area contributed by atoms with E-state index in [1.54, 1.807) is 26.4 Å². The summed E-state index contributed by atoms with van der Waals surface area (Å²) in [7, 11) is 2.36. The van der Waals surface area contributed by atoms with Gasteiger partial charge >= 0.3 is 13.2 Å².